The highest BCUT2D eigenvalue weighted by molar-refractivity contribution is 6.31. The van der Waals surface area contributed by atoms with Crippen LogP contribution in [0, 0.1) is 0 Å². The molecule has 2 aromatic carbocycles. The van der Waals surface area contributed by atoms with E-state index in [1.54, 1.807) is 25.2 Å². The quantitative estimate of drug-likeness (QED) is 0.673. The molecule has 0 saturated carbocycles. The van der Waals surface area contributed by atoms with Crippen LogP contribution in [0.2, 0.25) is 5.02 Å². The molecule has 0 unspecified atom stereocenters. The minimum absolute atomic E-state index is 0.116. The first-order valence-electron chi connectivity index (χ1n) is 8.78. The van der Waals surface area contributed by atoms with Gasteiger partial charge in [0.1, 0.15) is 13.2 Å². The Hall–Kier alpha value is -3.06. The predicted octanol–water partition coefficient (Wildman–Crippen LogP) is 2.35. The molecule has 0 spiro atoms. The maximum absolute atomic E-state index is 12.6. The van der Waals surface area contributed by atoms with Crippen LogP contribution in [0.15, 0.2) is 53.6 Å². The largest absolute Gasteiger partial charge is 0.486 e. The summed E-state index contributed by atoms with van der Waals surface area (Å²) in [6.45, 7) is 0.578. The van der Waals surface area contributed by atoms with Gasteiger partial charge in [0.15, 0.2) is 17.6 Å². The van der Waals surface area contributed by atoms with Crippen molar-refractivity contribution in [3.63, 3.8) is 0 Å². The second-order valence-electron chi connectivity index (χ2n) is 6.61. The summed E-state index contributed by atoms with van der Waals surface area (Å²) in [4.78, 5) is 31.0. The summed E-state index contributed by atoms with van der Waals surface area (Å²) in [6, 6.07) is 12.3. The molecule has 0 fully saturated rings. The number of halogens is 1. The summed E-state index contributed by atoms with van der Waals surface area (Å²) >= 11 is 5.97. The lowest BCUT2D eigenvalue weighted by atomic mass is 10.2. The van der Waals surface area contributed by atoms with E-state index < -0.39 is 0 Å². The number of hydrogen-bond donors (Lipinski definition) is 0. The van der Waals surface area contributed by atoms with Crippen molar-refractivity contribution in [3.05, 3.63) is 64.2 Å². The number of amides is 1. The first kappa shape index (κ1) is 18.3. The van der Waals surface area contributed by atoms with Crippen molar-refractivity contribution >= 4 is 28.4 Å². The normalized spacial score (nSPS) is 15.4. The van der Waals surface area contributed by atoms with Crippen molar-refractivity contribution in [3.8, 4) is 11.5 Å². The topological polar surface area (TPSA) is 73.7 Å². The van der Waals surface area contributed by atoms with E-state index in [4.69, 9.17) is 21.1 Å². The molecule has 1 aliphatic heterocycles. The van der Waals surface area contributed by atoms with Gasteiger partial charge < -0.3 is 14.4 Å². The van der Waals surface area contributed by atoms with E-state index in [2.05, 4.69) is 4.98 Å². The minimum Gasteiger partial charge on any atom is -0.486 e. The molecule has 28 heavy (non-hydrogen) atoms. The summed E-state index contributed by atoms with van der Waals surface area (Å²) in [6.07, 6.45) is 1.09. The molecule has 144 valence electrons. The average Bonchev–Trinajstić information content (AvgIpc) is 2.70. The number of nitrogens with zero attached hydrogens (tertiary/aromatic N) is 3. The first-order valence-corrected chi connectivity index (χ1v) is 9.16. The highest BCUT2D eigenvalue weighted by atomic mass is 35.5. The van der Waals surface area contributed by atoms with Gasteiger partial charge in [-0.2, -0.15) is 0 Å². The number of rotatable bonds is 4. The fourth-order valence-corrected chi connectivity index (χ4v) is 3.24. The molecular formula is C20H18ClN3O4. The Morgan fingerprint density at radius 1 is 1.29 bits per heavy atom. The van der Waals surface area contributed by atoms with Gasteiger partial charge in [0.25, 0.3) is 5.56 Å². The first-order chi connectivity index (χ1) is 13.5. The van der Waals surface area contributed by atoms with Gasteiger partial charge in [-0.25, -0.2) is 4.98 Å². The number of likely N-dealkylation sites (N-methyl/N-ethyl adjacent to an activating group) is 1. The van der Waals surface area contributed by atoms with E-state index >= 15 is 0 Å². The van der Waals surface area contributed by atoms with Crippen LogP contribution in [0.5, 0.6) is 11.5 Å². The maximum Gasteiger partial charge on any atom is 0.261 e. The van der Waals surface area contributed by atoms with Crippen LogP contribution in [0.25, 0.3) is 10.9 Å². The summed E-state index contributed by atoms with van der Waals surface area (Å²) in [5.41, 5.74) is 0.235. The molecule has 0 N–H and O–H groups in total. The molecule has 2 heterocycles. The maximum atomic E-state index is 12.6. The zero-order valence-corrected chi connectivity index (χ0v) is 15.9. The molecule has 0 aliphatic carbocycles. The van der Waals surface area contributed by atoms with Crippen LogP contribution in [-0.2, 0) is 11.3 Å². The standard InChI is InChI=1S/C20H18ClN3O4/c1-23(9-14-11-27-17-4-2-3-5-18(17)28-14)19(25)10-24-12-22-16-7-6-13(21)8-15(16)20(24)26/h2-8,12,14H,9-11H2,1H3/t14-/m0/s1. The average molecular weight is 400 g/mol. The van der Waals surface area contributed by atoms with E-state index in [1.807, 2.05) is 24.3 Å². The summed E-state index contributed by atoms with van der Waals surface area (Å²) in [7, 11) is 1.67. The number of para-hydroxylation sites is 2. The van der Waals surface area contributed by atoms with Crippen LogP contribution < -0.4 is 15.0 Å². The highest BCUT2D eigenvalue weighted by Gasteiger charge is 2.24. The molecule has 3 aromatic rings. The van der Waals surface area contributed by atoms with E-state index in [-0.39, 0.29) is 24.1 Å². The van der Waals surface area contributed by atoms with E-state index in [1.165, 1.54) is 15.8 Å². The smallest absolute Gasteiger partial charge is 0.261 e. The van der Waals surface area contributed by atoms with Gasteiger partial charge in [-0.3, -0.25) is 14.2 Å². The molecule has 1 atom stereocenters. The van der Waals surface area contributed by atoms with Gasteiger partial charge in [0.2, 0.25) is 5.91 Å². The number of benzene rings is 2. The van der Waals surface area contributed by atoms with Crippen molar-refractivity contribution in [1.82, 2.24) is 14.5 Å². The number of ether oxygens (including phenoxy) is 2. The Bertz CT molecular complexity index is 1100. The Labute approximate surface area is 166 Å². The highest BCUT2D eigenvalue weighted by Crippen LogP contribution is 2.30. The van der Waals surface area contributed by atoms with E-state index in [0.717, 1.165) is 0 Å². The third kappa shape index (κ3) is 3.66. The van der Waals surface area contributed by atoms with Gasteiger partial charge in [-0.1, -0.05) is 23.7 Å². The molecule has 7 nitrogen and oxygen atoms in total. The van der Waals surface area contributed by atoms with Gasteiger partial charge >= 0.3 is 0 Å². The van der Waals surface area contributed by atoms with Crippen LogP contribution in [0.3, 0.4) is 0 Å². The third-order valence-electron chi connectivity index (χ3n) is 4.56. The van der Waals surface area contributed by atoms with Gasteiger partial charge in [0.05, 0.1) is 23.8 Å². The van der Waals surface area contributed by atoms with E-state index in [9.17, 15) is 9.59 Å². The fourth-order valence-electron chi connectivity index (χ4n) is 3.07. The fraction of sp³-hybridized carbons (Fsp3) is 0.250. The molecule has 1 amide bonds. The van der Waals surface area contributed by atoms with Gasteiger partial charge in [-0.05, 0) is 30.3 Å². The Balaban J connectivity index is 1.44. The molecule has 0 radical (unpaired) electrons. The lowest BCUT2D eigenvalue weighted by molar-refractivity contribution is -0.132. The Morgan fingerprint density at radius 2 is 2.07 bits per heavy atom. The molecule has 1 aliphatic rings. The number of carbonyl (C=O) groups excluding carboxylic acids is 1. The zero-order valence-electron chi connectivity index (χ0n) is 15.2. The second-order valence-corrected chi connectivity index (χ2v) is 7.05. The summed E-state index contributed by atoms with van der Waals surface area (Å²) in [5, 5.41) is 0.827. The van der Waals surface area contributed by atoms with Crippen LogP contribution in [0.4, 0.5) is 0 Å². The zero-order chi connectivity index (χ0) is 19.7. The molecule has 4 rings (SSSR count). The van der Waals surface area contributed by atoms with Crippen molar-refractivity contribution in [2.75, 3.05) is 20.2 Å². The second kappa shape index (κ2) is 7.52. The molecular weight excluding hydrogens is 382 g/mol. The lowest BCUT2D eigenvalue weighted by Gasteiger charge is -2.29. The van der Waals surface area contributed by atoms with Gasteiger partial charge in [0, 0.05) is 12.1 Å². The third-order valence-corrected chi connectivity index (χ3v) is 4.80. The SMILES string of the molecule is CN(C[C@H]1COc2ccccc2O1)C(=O)Cn1cnc2ccc(Cl)cc2c1=O. The summed E-state index contributed by atoms with van der Waals surface area (Å²) < 4.78 is 12.8. The summed E-state index contributed by atoms with van der Waals surface area (Å²) in [5.74, 6) is 1.12. The molecule has 8 heteroatoms. The Morgan fingerprint density at radius 3 is 2.89 bits per heavy atom. The van der Waals surface area contributed by atoms with Crippen molar-refractivity contribution in [2.45, 2.75) is 12.6 Å². The number of carbonyl (C=O) groups is 1. The minimum atomic E-state index is -0.305. The van der Waals surface area contributed by atoms with Crippen LogP contribution >= 0.6 is 11.6 Å². The number of aromatic nitrogens is 2. The van der Waals surface area contributed by atoms with E-state index in [0.29, 0.717) is 40.6 Å². The lowest BCUT2D eigenvalue weighted by Crippen LogP contribution is -2.43. The van der Waals surface area contributed by atoms with Crippen LogP contribution in [0.1, 0.15) is 0 Å². The van der Waals surface area contributed by atoms with Crippen LogP contribution in [-0.4, -0.2) is 46.7 Å². The van der Waals surface area contributed by atoms with Gasteiger partial charge in [-0.15, -0.1) is 0 Å². The number of hydrogen-bond acceptors (Lipinski definition) is 5. The molecule has 1 aromatic heterocycles. The molecule has 0 saturated heterocycles. The predicted molar refractivity (Wildman–Crippen MR) is 105 cm³/mol. The van der Waals surface area contributed by atoms with Crippen molar-refractivity contribution < 1.29 is 14.3 Å². The monoisotopic (exact) mass is 399 g/mol. The number of fused-ring (bicyclic) bond motifs is 2. The Kier molecular flexibility index (Phi) is 4.92. The molecule has 0 bridgehead atoms. The van der Waals surface area contributed by atoms with Crippen molar-refractivity contribution in [2.24, 2.45) is 0 Å². The van der Waals surface area contributed by atoms with Crippen molar-refractivity contribution in [1.29, 1.82) is 0 Å².